The van der Waals surface area contributed by atoms with Crippen molar-refractivity contribution in [1.29, 1.82) is 0 Å². The normalized spacial score (nSPS) is 14.9. The molecule has 2 aromatic carbocycles. The van der Waals surface area contributed by atoms with E-state index in [0.29, 0.717) is 22.6 Å². The summed E-state index contributed by atoms with van der Waals surface area (Å²) in [5, 5.41) is 14.9. The average Bonchev–Trinajstić information content (AvgIpc) is 2.88. The minimum Gasteiger partial charge on any atom is -0.352 e. The van der Waals surface area contributed by atoms with Gasteiger partial charge in [0.05, 0.1) is 16.9 Å². The lowest BCUT2D eigenvalue weighted by Gasteiger charge is -2.34. The molecule has 1 aliphatic carbocycles. The van der Waals surface area contributed by atoms with Gasteiger partial charge in [-0.2, -0.15) is 0 Å². The first-order valence-corrected chi connectivity index (χ1v) is 15.2. The summed E-state index contributed by atoms with van der Waals surface area (Å²) in [4.78, 5) is 39.4. The van der Waals surface area contributed by atoms with Crippen LogP contribution < -0.4 is 9.62 Å². The monoisotopic (exact) mass is 578 g/mol. The largest absolute Gasteiger partial charge is 0.352 e. The Bertz CT molecular complexity index is 1310. The molecule has 212 valence electrons. The van der Waals surface area contributed by atoms with E-state index in [-0.39, 0.29) is 29.9 Å². The number of nitro groups is 1. The van der Waals surface area contributed by atoms with Crippen molar-refractivity contribution >= 4 is 44.8 Å². The number of nitrogens with one attached hydrogen (secondary N) is 1. The minimum absolute atomic E-state index is 0.0133. The third-order valence-corrected chi connectivity index (χ3v) is 8.48. The van der Waals surface area contributed by atoms with Crippen LogP contribution >= 0.6 is 11.6 Å². The van der Waals surface area contributed by atoms with Gasteiger partial charge in [0.15, 0.2) is 0 Å². The number of anilines is 1. The van der Waals surface area contributed by atoms with Gasteiger partial charge in [-0.15, -0.1) is 0 Å². The summed E-state index contributed by atoms with van der Waals surface area (Å²) in [5.74, 6) is -0.931. The van der Waals surface area contributed by atoms with Gasteiger partial charge in [-0.1, -0.05) is 62.1 Å². The zero-order valence-electron chi connectivity index (χ0n) is 22.4. The van der Waals surface area contributed by atoms with Crippen molar-refractivity contribution in [3.8, 4) is 0 Å². The highest BCUT2D eigenvalue weighted by Crippen LogP contribution is 2.28. The van der Waals surface area contributed by atoms with Crippen LogP contribution in [-0.4, -0.2) is 54.9 Å². The molecule has 1 saturated carbocycles. The van der Waals surface area contributed by atoms with E-state index >= 15 is 0 Å². The van der Waals surface area contributed by atoms with Gasteiger partial charge in [-0.3, -0.25) is 24.0 Å². The highest BCUT2D eigenvalue weighted by atomic mass is 35.5. The lowest BCUT2D eigenvalue weighted by Crippen LogP contribution is -2.54. The number of hydrogen-bond acceptors (Lipinski definition) is 6. The van der Waals surface area contributed by atoms with E-state index < -0.39 is 33.4 Å². The third kappa shape index (κ3) is 7.92. The van der Waals surface area contributed by atoms with Crippen molar-refractivity contribution in [2.45, 2.75) is 71.0 Å². The maximum atomic E-state index is 13.9. The predicted molar refractivity (Wildman–Crippen MR) is 151 cm³/mol. The topological polar surface area (TPSA) is 130 Å². The lowest BCUT2D eigenvalue weighted by molar-refractivity contribution is -0.384. The Balaban J connectivity index is 1.98. The minimum atomic E-state index is -4.03. The van der Waals surface area contributed by atoms with E-state index in [9.17, 15) is 28.1 Å². The fourth-order valence-corrected chi connectivity index (χ4v) is 5.94. The molecular weight excluding hydrogens is 544 g/mol. The first kappa shape index (κ1) is 30.4. The van der Waals surface area contributed by atoms with Gasteiger partial charge in [-0.05, 0) is 43.4 Å². The Kier molecular flexibility index (Phi) is 10.3. The van der Waals surface area contributed by atoms with Crippen LogP contribution in [0.15, 0.2) is 42.5 Å². The number of nitro benzene ring substituents is 1. The van der Waals surface area contributed by atoms with E-state index in [4.69, 9.17) is 11.6 Å². The number of hydrogen-bond donors (Lipinski definition) is 1. The molecular formula is C27H35ClN4O6S. The summed E-state index contributed by atoms with van der Waals surface area (Å²) in [5.41, 5.74) is 0.771. The highest BCUT2D eigenvalue weighted by Gasteiger charge is 2.33. The van der Waals surface area contributed by atoms with E-state index in [2.05, 4.69) is 5.32 Å². The molecule has 2 aromatic rings. The highest BCUT2D eigenvalue weighted by molar-refractivity contribution is 7.92. The molecule has 39 heavy (non-hydrogen) atoms. The Morgan fingerprint density at radius 1 is 1.15 bits per heavy atom. The molecule has 0 heterocycles. The molecule has 0 aliphatic heterocycles. The summed E-state index contributed by atoms with van der Waals surface area (Å²) in [6.45, 7) is 2.74. The Morgan fingerprint density at radius 3 is 2.41 bits per heavy atom. The molecule has 0 spiro atoms. The maximum absolute atomic E-state index is 13.9. The van der Waals surface area contributed by atoms with E-state index in [1.807, 2.05) is 0 Å². The summed E-state index contributed by atoms with van der Waals surface area (Å²) < 4.78 is 26.6. The van der Waals surface area contributed by atoms with Crippen molar-refractivity contribution in [3.63, 3.8) is 0 Å². The number of amides is 2. The molecule has 0 aromatic heterocycles. The molecule has 2 amide bonds. The summed E-state index contributed by atoms with van der Waals surface area (Å²) in [6, 6.07) is 9.93. The molecule has 1 aliphatic rings. The first-order valence-electron chi connectivity index (χ1n) is 13.0. The number of rotatable bonds is 11. The third-order valence-electron chi connectivity index (χ3n) is 6.99. The number of benzene rings is 2. The number of sulfonamides is 1. The van der Waals surface area contributed by atoms with Gasteiger partial charge in [-0.25, -0.2) is 8.42 Å². The average molecular weight is 579 g/mol. The maximum Gasteiger partial charge on any atom is 0.271 e. The summed E-state index contributed by atoms with van der Waals surface area (Å²) >= 11 is 6.39. The van der Waals surface area contributed by atoms with Crippen molar-refractivity contribution in [3.05, 3.63) is 68.7 Å². The number of carbonyl (C=O) groups excluding carboxylic acids is 2. The number of halogens is 1. The van der Waals surface area contributed by atoms with Gasteiger partial charge in [0.25, 0.3) is 5.69 Å². The van der Waals surface area contributed by atoms with Crippen LogP contribution in [0.5, 0.6) is 0 Å². The molecule has 0 bridgehead atoms. The van der Waals surface area contributed by atoms with E-state index in [0.717, 1.165) is 48.7 Å². The van der Waals surface area contributed by atoms with Crippen LogP contribution in [0.4, 0.5) is 11.4 Å². The molecule has 12 heteroatoms. The van der Waals surface area contributed by atoms with Crippen LogP contribution in [0.1, 0.15) is 56.6 Å². The fourth-order valence-electron chi connectivity index (χ4n) is 4.85. The molecule has 1 N–H and O–H groups in total. The lowest BCUT2D eigenvalue weighted by atomic mass is 9.95. The van der Waals surface area contributed by atoms with Crippen molar-refractivity contribution in [2.75, 3.05) is 17.1 Å². The van der Waals surface area contributed by atoms with Gasteiger partial charge in [0, 0.05) is 29.7 Å². The molecule has 1 atom stereocenters. The fraction of sp³-hybridized carbons (Fsp3) is 0.481. The van der Waals surface area contributed by atoms with Crippen molar-refractivity contribution in [2.24, 2.45) is 0 Å². The molecule has 10 nitrogen and oxygen atoms in total. The van der Waals surface area contributed by atoms with Crippen LogP contribution in [0.25, 0.3) is 0 Å². The SMILES string of the molecule is CC[C@@H](C(=O)NC1CCCCC1)N(Cc1ccccc1Cl)C(=O)CN(c1cc([N+](=O)[O-])ccc1C)S(C)(=O)=O. The van der Waals surface area contributed by atoms with Gasteiger partial charge < -0.3 is 10.2 Å². The second-order valence-corrected chi connectivity index (χ2v) is 12.2. The van der Waals surface area contributed by atoms with E-state index in [1.54, 1.807) is 38.1 Å². The first-order chi connectivity index (χ1) is 18.4. The molecule has 1 fully saturated rings. The predicted octanol–water partition coefficient (Wildman–Crippen LogP) is 4.58. The van der Waals surface area contributed by atoms with Gasteiger partial charge in [0.2, 0.25) is 21.8 Å². The van der Waals surface area contributed by atoms with Gasteiger partial charge in [0.1, 0.15) is 12.6 Å². The Hall–Kier alpha value is -3.18. The summed E-state index contributed by atoms with van der Waals surface area (Å²) in [7, 11) is -4.03. The Labute approximate surface area is 234 Å². The van der Waals surface area contributed by atoms with Crippen LogP contribution in [0, 0.1) is 17.0 Å². The molecule has 0 unspecified atom stereocenters. The molecule has 0 radical (unpaired) electrons. The molecule has 3 rings (SSSR count). The number of nitrogens with zero attached hydrogens (tertiary/aromatic N) is 3. The van der Waals surface area contributed by atoms with Gasteiger partial charge >= 0.3 is 0 Å². The van der Waals surface area contributed by atoms with Crippen LogP contribution in [0.3, 0.4) is 0 Å². The summed E-state index contributed by atoms with van der Waals surface area (Å²) in [6.07, 6.45) is 6.14. The number of carbonyl (C=O) groups is 2. The second kappa shape index (κ2) is 13.3. The van der Waals surface area contributed by atoms with Crippen LogP contribution in [0.2, 0.25) is 5.02 Å². The van der Waals surface area contributed by atoms with E-state index in [1.165, 1.54) is 17.0 Å². The Morgan fingerprint density at radius 2 is 1.82 bits per heavy atom. The zero-order valence-corrected chi connectivity index (χ0v) is 24.0. The zero-order chi connectivity index (χ0) is 28.7. The standard InChI is InChI=1S/C27H35ClN4O6S/c1-4-24(27(34)29-21-11-6-5-7-12-21)30(17-20-10-8-9-13-23(20)28)26(33)18-31(39(3,37)38)25-16-22(32(35)36)15-14-19(25)2/h8-10,13-16,21,24H,4-7,11-12,17-18H2,1-3H3,(H,29,34)/t24-/m0/s1. The van der Waals surface area contributed by atoms with Crippen molar-refractivity contribution < 1.29 is 22.9 Å². The number of non-ortho nitro benzene ring substituents is 1. The smallest absolute Gasteiger partial charge is 0.271 e. The number of aryl methyl sites for hydroxylation is 1. The quantitative estimate of drug-likeness (QED) is 0.307. The van der Waals surface area contributed by atoms with Crippen molar-refractivity contribution in [1.82, 2.24) is 10.2 Å². The van der Waals surface area contributed by atoms with Crippen LogP contribution in [-0.2, 0) is 26.2 Å². The molecule has 0 saturated heterocycles. The second-order valence-electron chi connectivity index (χ2n) is 9.88.